The molecule has 0 aliphatic heterocycles. The molecule has 0 bridgehead atoms. The third-order valence-corrected chi connectivity index (χ3v) is 6.31. The SMILES string of the molecule is CCCCC1CCCCC1(O)CCc1cc(F)c(F)c2c(F)c(OC)ccc12. The van der Waals surface area contributed by atoms with Gasteiger partial charge < -0.3 is 9.84 Å². The number of benzene rings is 2. The van der Waals surface area contributed by atoms with Gasteiger partial charge in [-0.25, -0.2) is 13.2 Å². The predicted molar refractivity (Wildman–Crippen MR) is 105 cm³/mol. The van der Waals surface area contributed by atoms with Gasteiger partial charge in [0.25, 0.3) is 0 Å². The molecule has 0 radical (unpaired) electrons. The van der Waals surface area contributed by atoms with Crippen LogP contribution in [0.15, 0.2) is 18.2 Å². The molecule has 0 saturated heterocycles. The van der Waals surface area contributed by atoms with Crippen LogP contribution in [0.25, 0.3) is 10.8 Å². The van der Waals surface area contributed by atoms with E-state index in [0.29, 0.717) is 23.8 Å². The molecule has 3 rings (SSSR count). The van der Waals surface area contributed by atoms with E-state index in [9.17, 15) is 18.3 Å². The zero-order valence-corrected chi connectivity index (χ0v) is 16.7. The summed E-state index contributed by atoms with van der Waals surface area (Å²) in [6, 6.07) is 4.13. The van der Waals surface area contributed by atoms with Crippen molar-refractivity contribution in [3.63, 3.8) is 0 Å². The highest BCUT2D eigenvalue weighted by Gasteiger charge is 2.38. The number of hydrogen-bond donors (Lipinski definition) is 1. The van der Waals surface area contributed by atoms with E-state index in [1.807, 2.05) is 0 Å². The van der Waals surface area contributed by atoms with Crippen molar-refractivity contribution in [2.24, 2.45) is 5.92 Å². The first kappa shape index (κ1) is 21.0. The number of ether oxygens (including phenoxy) is 1. The molecule has 0 aromatic heterocycles. The number of halogens is 3. The van der Waals surface area contributed by atoms with E-state index in [4.69, 9.17) is 4.74 Å². The number of fused-ring (bicyclic) bond motifs is 1. The van der Waals surface area contributed by atoms with E-state index < -0.39 is 23.1 Å². The topological polar surface area (TPSA) is 29.5 Å². The number of aryl methyl sites for hydroxylation is 1. The molecule has 1 fully saturated rings. The Labute approximate surface area is 164 Å². The minimum Gasteiger partial charge on any atom is -0.494 e. The van der Waals surface area contributed by atoms with Crippen LogP contribution in [-0.4, -0.2) is 17.8 Å². The standard InChI is InChI=1S/C23H29F3O2/c1-3-4-7-16-8-5-6-12-23(16,27)13-11-15-14-18(24)21(25)20-17(15)9-10-19(28-2)22(20)26/h9-10,14,16,27H,3-8,11-13H2,1-2H3. The minimum atomic E-state index is -1.20. The molecule has 0 spiro atoms. The van der Waals surface area contributed by atoms with Gasteiger partial charge in [0.05, 0.1) is 18.1 Å². The van der Waals surface area contributed by atoms with Crippen LogP contribution in [0.5, 0.6) is 5.75 Å². The Balaban J connectivity index is 1.92. The highest BCUT2D eigenvalue weighted by molar-refractivity contribution is 5.88. The summed E-state index contributed by atoms with van der Waals surface area (Å²) in [5.74, 6) is -3.06. The third-order valence-electron chi connectivity index (χ3n) is 6.31. The molecule has 2 unspecified atom stereocenters. The van der Waals surface area contributed by atoms with Gasteiger partial charge in [0.1, 0.15) is 0 Å². The van der Waals surface area contributed by atoms with Crippen molar-refractivity contribution in [3.05, 3.63) is 41.2 Å². The van der Waals surface area contributed by atoms with Crippen molar-refractivity contribution in [2.45, 2.75) is 70.3 Å². The van der Waals surface area contributed by atoms with Gasteiger partial charge in [-0.2, -0.15) is 0 Å². The van der Waals surface area contributed by atoms with Crippen molar-refractivity contribution in [2.75, 3.05) is 7.11 Å². The zero-order valence-electron chi connectivity index (χ0n) is 16.7. The number of unbranched alkanes of at least 4 members (excludes halogenated alkanes) is 1. The van der Waals surface area contributed by atoms with E-state index in [1.165, 1.54) is 13.2 Å². The second-order valence-corrected chi connectivity index (χ2v) is 8.02. The molecule has 1 aliphatic carbocycles. The van der Waals surface area contributed by atoms with Gasteiger partial charge in [-0.05, 0) is 61.1 Å². The quantitative estimate of drug-likeness (QED) is 0.596. The van der Waals surface area contributed by atoms with Crippen LogP contribution >= 0.6 is 0 Å². The lowest BCUT2D eigenvalue weighted by Crippen LogP contribution is -2.41. The maximum Gasteiger partial charge on any atom is 0.175 e. The fourth-order valence-electron chi connectivity index (χ4n) is 4.66. The minimum absolute atomic E-state index is 0.117. The number of methoxy groups -OCH3 is 1. The van der Waals surface area contributed by atoms with Gasteiger partial charge in [-0.1, -0.05) is 38.7 Å². The first-order valence-corrected chi connectivity index (χ1v) is 10.3. The van der Waals surface area contributed by atoms with E-state index in [0.717, 1.165) is 51.0 Å². The number of rotatable bonds is 7. The average Bonchev–Trinajstić information content (AvgIpc) is 2.69. The largest absolute Gasteiger partial charge is 0.494 e. The van der Waals surface area contributed by atoms with Crippen molar-refractivity contribution in [1.82, 2.24) is 0 Å². The fraction of sp³-hybridized carbons (Fsp3) is 0.565. The van der Waals surface area contributed by atoms with Crippen molar-refractivity contribution in [1.29, 1.82) is 0 Å². The summed E-state index contributed by atoms with van der Waals surface area (Å²) in [5, 5.41) is 11.2. The van der Waals surface area contributed by atoms with E-state index >= 15 is 0 Å². The molecule has 154 valence electrons. The Hall–Kier alpha value is -1.75. The zero-order chi connectivity index (χ0) is 20.3. The van der Waals surface area contributed by atoms with Crippen molar-refractivity contribution >= 4 is 10.8 Å². The van der Waals surface area contributed by atoms with Gasteiger partial charge in [-0.3, -0.25) is 0 Å². The fourth-order valence-corrected chi connectivity index (χ4v) is 4.66. The maximum absolute atomic E-state index is 14.6. The summed E-state index contributed by atoms with van der Waals surface area (Å²) in [6.07, 6.45) is 7.81. The monoisotopic (exact) mass is 394 g/mol. The third kappa shape index (κ3) is 4.00. The summed E-state index contributed by atoms with van der Waals surface area (Å²) in [4.78, 5) is 0. The Morgan fingerprint density at radius 1 is 1.18 bits per heavy atom. The Kier molecular flexibility index (Phi) is 6.54. The Bertz CT molecular complexity index is 836. The van der Waals surface area contributed by atoms with E-state index in [2.05, 4.69) is 6.92 Å². The lowest BCUT2D eigenvalue weighted by molar-refractivity contribution is -0.0582. The molecule has 1 saturated carbocycles. The molecule has 5 heteroatoms. The van der Waals surface area contributed by atoms with Crippen LogP contribution in [-0.2, 0) is 6.42 Å². The van der Waals surface area contributed by atoms with E-state index in [-0.39, 0.29) is 17.1 Å². The van der Waals surface area contributed by atoms with Crippen LogP contribution in [0.3, 0.4) is 0 Å². The Morgan fingerprint density at radius 2 is 1.96 bits per heavy atom. The molecule has 2 aromatic carbocycles. The van der Waals surface area contributed by atoms with Crippen molar-refractivity contribution in [3.8, 4) is 5.75 Å². The predicted octanol–water partition coefficient (Wildman–Crippen LogP) is 6.31. The maximum atomic E-state index is 14.6. The highest BCUT2D eigenvalue weighted by atomic mass is 19.2. The molecule has 1 aliphatic rings. The van der Waals surface area contributed by atoms with Crippen LogP contribution in [0, 0.1) is 23.4 Å². The molecule has 2 nitrogen and oxygen atoms in total. The van der Waals surface area contributed by atoms with Gasteiger partial charge in [0, 0.05) is 0 Å². The van der Waals surface area contributed by atoms with Crippen LogP contribution < -0.4 is 4.74 Å². The van der Waals surface area contributed by atoms with Gasteiger partial charge in [-0.15, -0.1) is 0 Å². The first-order chi connectivity index (χ1) is 13.4. The number of hydrogen-bond acceptors (Lipinski definition) is 2. The molecule has 0 heterocycles. The molecule has 1 N–H and O–H groups in total. The molecule has 2 atom stereocenters. The lowest BCUT2D eigenvalue weighted by atomic mass is 9.70. The summed E-state index contributed by atoms with van der Waals surface area (Å²) < 4.78 is 48.0. The molecular formula is C23H29F3O2. The summed E-state index contributed by atoms with van der Waals surface area (Å²) >= 11 is 0. The molecule has 0 amide bonds. The highest BCUT2D eigenvalue weighted by Crippen LogP contribution is 2.41. The Morgan fingerprint density at radius 3 is 2.68 bits per heavy atom. The summed E-state index contributed by atoms with van der Waals surface area (Å²) in [6.45, 7) is 2.14. The molecular weight excluding hydrogens is 365 g/mol. The van der Waals surface area contributed by atoms with Gasteiger partial charge >= 0.3 is 0 Å². The summed E-state index contributed by atoms with van der Waals surface area (Å²) in [5.41, 5.74) is -0.279. The summed E-state index contributed by atoms with van der Waals surface area (Å²) in [7, 11) is 1.29. The van der Waals surface area contributed by atoms with Gasteiger partial charge in [0.15, 0.2) is 23.2 Å². The molecule has 2 aromatic rings. The van der Waals surface area contributed by atoms with Crippen LogP contribution in [0.4, 0.5) is 13.2 Å². The number of aliphatic hydroxyl groups is 1. The van der Waals surface area contributed by atoms with Crippen LogP contribution in [0.2, 0.25) is 0 Å². The van der Waals surface area contributed by atoms with Crippen LogP contribution in [0.1, 0.15) is 63.9 Å². The van der Waals surface area contributed by atoms with E-state index in [1.54, 1.807) is 6.07 Å². The average molecular weight is 394 g/mol. The van der Waals surface area contributed by atoms with Crippen molar-refractivity contribution < 1.29 is 23.0 Å². The first-order valence-electron chi connectivity index (χ1n) is 10.3. The molecule has 28 heavy (non-hydrogen) atoms. The lowest BCUT2D eigenvalue weighted by Gasteiger charge is -2.40. The normalized spacial score (nSPS) is 22.6. The van der Waals surface area contributed by atoms with Gasteiger partial charge in [0.2, 0.25) is 0 Å². The smallest absolute Gasteiger partial charge is 0.175 e. The second kappa shape index (κ2) is 8.73. The second-order valence-electron chi connectivity index (χ2n) is 8.02.